The van der Waals surface area contributed by atoms with Crippen molar-refractivity contribution in [3.8, 4) is 0 Å². The third kappa shape index (κ3) is 3.30. The van der Waals surface area contributed by atoms with Gasteiger partial charge in [0.1, 0.15) is 0 Å². The van der Waals surface area contributed by atoms with Crippen molar-refractivity contribution in [3.63, 3.8) is 0 Å². The van der Waals surface area contributed by atoms with E-state index in [0.717, 1.165) is 25.7 Å². The van der Waals surface area contributed by atoms with Gasteiger partial charge in [0.25, 0.3) is 5.91 Å². The van der Waals surface area contributed by atoms with Crippen molar-refractivity contribution in [1.82, 2.24) is 20.3 Å². The number of hydrogen-bond acceptors (Lipinski definition) is 5. The lowest BCUT2D eigenvalue weighted by Gasteiger charge is -2.27. The van der Waals surface area contributed by atoms with E-state index in [2.05, 4.69) is 15.6 Å². The van der Waals surface area contributed by atoms with Crippen LogP contribution >= 0.6 is 0 Å². The predicted octanol–water partition coefficient (Wildman–Crippen LogP) is 0.277. The Morgan fingerprint density at radius 2 is 2.05 bits per heavy atom. The summed E-state index contributed by atoms with van der Waals surface area (Å²) < 4.78 is 6.22. The van der Waals surface area contributed by atoms with Gasteiger partial charge in [-0.15, -0.1) is 5.10 Å². The van der Waals surface area contributed by atoms with Gasteiger partial charge in [-0.3, -0.25) is 14.3 Å². The molecule has 1 heterocycles. The van der Waals surface area contributed by atoms with Crippen LogP contribution in [0, 0.1) is 5.92 Å². The molecule has 1 saturated carbocycles. The summed E-state index contributed by atoms with van der Waals surface area (Å²) in [6.45, 7) is 0. The first-order valence-electron chi connectivity index (χ1n) is 6.35. The zero-order valence-corrected chi connectivity index (χ0v) is 11.1. The van der Waals surface area contributed by atoms with Gasteiger partial charge in [0.2, 0.25) is 0 Å². The number of rotatable bonds is 3. The highest BCUT2D eigenvalue weighted by Gasteiger charge is 2.28. The molecule has 1 aromatic rings. The summed E-state index contributed by atoms with van der Waals surface area (Å²) in [6.07, 6.45) is 4.64. The van der Waals surface area contributed by atoms with Crippen LogP contribution in [0.3, 0.4) is 0 Å². The van der Waals surface area contributed by atoms with E-state index >= 15 is 0 Å². The highest BCUT2D eigenvalue weighted by Crippen LogP contribution is 2.25. The van der Waals surface area contributed by atoms with E-state index in [1.165, 1.54) is 11.8 Å². The molecule has 0 aliphatic heterocycles. The largest absolute Gasteiger partial charge is 0.469 e. The smallest absolute Gasteiger partial charge is 0.308 e. The van der Waals surface area contributed by atoms with E-state index in [1.807, 2.05) is 0 Å². The first-order valence-corrected chi connectivity index (χ1v) is 6.35. The Labute approximate surface area is 111 Å². The van der Waals surface area contributed by atoms with Gasteiger partial charge in [-0.25, -0.2) is 0 Å². The van der Waals surface area contributed by atoms with Gasteiger partial charge in [-0.2, -0.15) is 0 Å². The fraction of sp³-hybridized carbons (Fsp3) is 0.667. The Hall–Kier alpha value is -1.92. The van der Waals surface area contributed by atoms with E-state index in [0.29, 0.717) is 5.69 Å². The van der Waals surface area contributed by atoms with Crippen LogP contribution in [0.5, 0.6) is 0 Å². The lowest BCUT2D eigenvalue weighted by Crippen LogP contribution is -2.39. The minimum absolute atomic E-state index is 0.0327. The maximum Gasteiger partial charge on any atom is 0.308 e. The maximum atomic E-state index is 11.9. The van der Waals surface area contributed by atoms with Crippen LogP contribution in [-0.2, 0) is 16.6 Å². The van der Waals surface area contributed by atoms with Crippen LogP contribution in [0.4, 0.5) is 0 Å². The summed E-state index contributed by atoms with van der Waals surface area (Å²) in [5, 5.41) is 10.4. The van der Waals surface area contributed by atoms with Crippen molar-refractivity contribution >= 4 is 11.9 Å². The van der Waals surface area contributed by atoms with Crippen molar-refractivity contribution < 1.29 is 14.3 Å². The van der Waals surface area contributed by atoms with Gasteiger partial charge in [-0.1, -0.05) is 5.21 Å². The standard InChI is InChI=1S/C12H18N4O3/c1-16-7-10(14-15-16)11(17)13-9-5-3-8(4-6-9)12(18)19-2/h7-9H,3-6H2,1-2H3,(H,13,17). The molecule has 1 N–H and O–H groups in total. The summed E-state index contributed by atoms with van der Waals surface area (Å²) in [5.74, 6) is -0.400. The molecule has 0 saturated heterocycles. The predicted molar refractivity (Wildman–Crippen MR) is 66.2 cm³/mol. The second-order valence-electron chi connectivity index (χ2n) is 4.82. The molecule has 1 aromatic heterocycles. The Morgan fingerprint density at radius 3 is 2.58 bits per heavy atom. The van der Waals surface area contributed by atoms with Gasteiger partial charge < -0.3 is 10.1 Å². The van der Waals surface area contributed by atoms with Gasteiger partial charge in [0, 0.05) is 13.1 Å². The number of aromatic nitrogens is 3. The first-order chi connectivity index (χ1) is 9.10. The van der Waals surface area contributed by atoms with Crippen molar-refractivity contribution in [2.24, 2.45) is 13.0 Å². The lowest BCUT2D eigenvalue weighted by molar-refractivity contribution is -0.146. The molecule has 0 atom stereocenters. The van der Waals surface area contributed by atoms with Gasteiger partial charge in [0.05, 0.1) is 19.2 Å². The fourth-order valence-corrected chi connectivity index (χ4v) is 2.35. The number of esters is 1. The molecule has 1 aliphatic carbocycles. The normalized spacial score (nSPS) is 22.8. The van der Waals surface area contributed by atoms with E-state index in [1.54, 1.807) is 13.2 Å². The van der Waals surface area contributed by atoms with Gasteiger partial charge in [-0.05, 0) is 25.7 Å². The van der Waals surface area contributed by atoms with E-state index in [4.69, 9.17) is 4.74 Å². The SMILES string of the molecule is COC(=O)C1CCC(NC(=O)c2cn(C)nn2)CC1. The average Bonchev–Trinajstić information content (AvgIpc) is 2.85. The topological polar surface area (TPSA) is 86.1 Å². The zero-order chi connectivity index (χ0) is 13.8. The van der Waals surface area contributed by atoms with E-state index < -0.39 is 0 Å². The molecule has 19 heavy (non-hydrogen) atoms. The number of carbonyl (C=O) groups is 2. The van der Waals surface area contributed by atoms with Crippen LogP contribution in [0.1, 0.15) is 36.2 Å². The van der Waals surface area contributed by atoms with Crippen molar-refractivity contribution in [2.45, 2.75) is 31.7 Å². The molecular weight excluding hydrogens is 248 g/mol. The Balaban J connectivity index is 1.82. The van der Waals surface area contributed by atoms with E-state index in [-0.39, 0.29) is 23.8 Å². The molecule has 0 aromatic carbocycles. The number of hydrogen-bond donors (Lipinski definition) is 1. The highest BCUT2D eigenvalue weighted by atomic mass is 16.5. The van der Waals surface area contributed by atoms with Crippen molar-refractivity contribution in [1.29, 1.82) is 0 Å². The lowest BCUT2D eigenvalue weighted by atomic mass is 9.86. The fourth-order valence-electron chi connectivity index (χ4n) is 2.35. The number of methoxy groups -OCH3 is 1. The van der Waals surface area contributed by atoms with Gasteiger partial charge in [0.15, 0.2) is 5.69 Å². The summed E-state index contributed by atoms with van der Waals surface area (Å²) in [6, 6.07) is 0.0930. The van der Waals surface area contributed by atoms with Crippen molar-refractivity contribution in [2.75, 3.05) is 7.11 Å². The van der Waals surface area contributed by atoms with Crippen LogP contribution in [0.25, 0.3) is 0 Å². The Morgan fingerprint density at radius 1 is 1.37 bits per heavy atom. The zero-order valence-electron chi connectivity index (χ0n) is 11.1. The monoisotopic (exact) mass is 266 g/mol. The molecule has 7 nitrogen and oxygen atoms in total. The molecule has 7 heteroatoms. The molecule has 104 valence electrons. The highest BCUT2D eigenvalue weighted by molar-refractivity contribution is 5.92. The second kappa shape index (κ2) is 5.81. The van der Waals surface area contributed by atoms with Crippen LogP contribution in [0.2, 0.25) is 0 Å². The van der Waals surface area contributed by atoms with Gasteiger partial charge >= 0.3 is 5.97 Å². The number of nitrogens with zero attached hydrogens (tertiary/aromatic N) is 3. The number of carbonyl (C=O) groups excluding carboxylic acids is 2. The number of ether oxygens (including phenoxy) is 1. The maximum absolute atomic E-state index is 11.9. The molecule has 0 bridgehead atoms. The number of amides is 1. The third-order valence-corrected chi connectivity index (χ3v) is 3.43. The quantitative estimate of drug-likeness (QED) is 0.794. The average molecular weight is 266 g/mol. The molecule has 0 unspecified atom stereocenters. The van der Waals surface area contributed by atoms with Crippen molar-refractivity contribution in [3.05, 3.63) is 11.9 Å². The summed E-state index contributed by atoms with van der Waals surface area (Å²) in [5.41, 5.74) is 0.317. The molecule has 2 rings (SSSR count). The molecule has 0 spiro atoms. The van der Waals surface area contributed by atoms with Crippen LogP contribution in [-0.4, -0.2) is 40.0 Å². The summed E-state index contributed by atoms with van der Waals surface area (Å²) in [7, 11) is 3.12. The Kier molecular flexibility index (Phi) is 4.13. The minimum Gasteiger partial charge on any atom is -0.469 e. The van der Waals surface area contributed by atoms with Crippen LogP contribution < -0.4 is 5.32 Å². The number of nitrogens with one attached hydrogen (secondary N) is 1. The van der Waals surface area contributed by atoms with Crippen LogP contribution in [0.15, 0.2) is 6.20 Å². The molecule has 1 aliphatic rings. The Bertz CT molecular complexity index is 463. The molecule has 0 radical (unpaired) electrons. The molecule has 1 fully saturated rings. The molecular formula is C12H18N4O3. The number of aryl methyl sites for hydroxylation is 1. The first kappa shape index (κ1) is 13.5. The summed E-state index contributed by atoms with van der Waals surface area (Å²) in [4.78, 5) is 23.3. The minimum atomic E-state index is -0.213. The summed E-state index contributed by atoms with van der Waals surface area (Å²) >= 11 is 0. The second-order valence-corrected chi connectivity index (χ2v) is 4.82. The molecule has 1 amide bonds. The third-order valence-electron chi connectivity index (χ3n) is 3.43. The van der Waals surface area contributed by atoms with E-state index in [9.17, 15) is 9.59 Å².